The molecule has 1 N–H and O–H groups in total. The van der Waals surface area contributed by atoms with Gasteiger partial charge < -0.3 is 15.0 Å². The number of carbonyl (C=O) groups is 2. The lowest BCUT2D eigenvalue weighted by Gasteiger charge is -2.23. The molecule has 3 aromatic carbocycles. The number of amides is 2. The fourth-order valence-corrected chi connectivity index (χ4v) is 5.85. The third kappa shape index (κ3) is 11.6. The van der Waals surface area contributed by atoms with Crippen LogP contribution in [0.3, 0.4) is 0 Å². The van der Waals surface area contributed by atoms with Gasteiger partial charge in [0.25, 0.3) is 0 Å². The number of hydrogen-bond donors (Lipinski definition) is 1. The number of nitrogens with zero attached hydrogens (tertiary/aromatic N) is 1. The van der Waals surface area contributed by atoms with Gasteiger partial charge in [-0.05, 0) is 73.1 Å². The molecular weight excluding hydrogens is 540 g/mol. The first-order chi connectivity index (χ1) is 20.4. The number of esters is 1. The van der Waals surface area contributed by atoms with Crippen molar-refractivity contribution in [3.8, 4) is 0 Å². The second-order valence-corrected chi connectivity index (χ2v) is 12.3. The Balaban J connectivity index is 1.61. The second kappa shape index (κ2) is 18.3. The van der Waals surface area contributed by atoms with Crippen molar-refractivity contribution in [3.05, 3.63) is 95.6 Å². The molecule has 0 aromatic heterocycles. The van der Waals surface area contributed by atoms with E-state index < -0.39 is 0 Å². The molecular formula is C36H48N2O3S. The van der Waals surface area contributed by atoms with Crippen LogP contribution < -0.4 is 5.32 Å². The molecule has 1 unspecified atom stereocenters. The van der Waals surface area contributed by atoms with Gasteiger partial charge in [0.1, 0.15) is 5.25 Å². The number of carbonyl (C=O) groups excluding carboxylic acids is 2. The molecule has 0 saturated carbocycles. The molecule has 0 aliphatic rings. The number of nitrogens with one attached hydrogen (secondary N) is 1. The van der Waals surface area contributed by atoms with Crippen LogP contribution in [-0.4, -0.2) is 41.8 Å². The highest BCUT2D eigenvalue weighted by molar-refractivity contribution is 8.00. The maximum absolute atomic E-state index is 13.3. The summed E-state index contributed by atoms with van der Waals surface area (Å²) in [6.07, 6.45) is 7.17. The lowest BCUT2D eigenvalue weighted by Crippen LogP contribution is -2.37. The molecule has 0 aliphatic heterocycles. The van der Waals surface area contributed by atoms with Gasteiger partial charge in [-0.25, -0.2) is 4.79 Å². The van der Waals surface area contributed by atoms with Crippen LogP contribution in [0.1, 0.15) is 82.4 Å². The maximum Gasteiger partial charge on any atom is 0.321 e. The van der Waals surface area contributed by atoms with Crippen molar-refractivity contribution >= 4 is 29.4 Å². The molecule has 1 atom stereocenters. The SMILES string of the molecule is CCCCCCCN(CCc1ccc(CC(Sc2ccccc2)C(=O)OCC)cc1)C(=O)Nc1ccc(C(C)C)cc1. The Kier molecular flexibility index (Phi) is 14.5. The molecule has 0 aliphatic carbocycles. The summed E-state index contributed by atoms with van der Waals surface area (Å²) in [6, 6.07) is 26.5. The van der Waals surface area contributed by atoms with Gasteiger partial charge >= 0.3 is 12.0 Å². The molecule has 0 spiro atoms. The number of rotatable bonds is 17. The Morgan fingerprint density at radius 2 is 1.48 bits per heavy atom. The van der Waals surface area contributed by atoms with E-state index in [-0.39, 0.29) is 17.3 Å². The third-order valence-electron chi connectivity index (χ3n) is 7.33. The molecule has 6 heteroatoms. The zero-order valence-corrected chi connectivity index (χ0v) is 26.6. The van der Waals surface area contributed by atoms with E-state index in [1.807, 2.05) is 54.3 Å². The molecule has 3 aromatic rings. The van der Waals surface area contributed by atoms with Crippen LogP contribution in [0.2, 0.25) is 0 Å². The number of hydrogen-bond acceptors (Lipinski definition) is 4. The monoisotopic (exact) mass is 588 g/mol. The standard InChI is InChI=1S/C36H48N2O3S/c1-5-7-8-9-13-25-38(36(40)37-32-22-20-31(21-23-32)28(3)4)26-24-29-16-18-30(19-17-29)27-34(35(39)41-6-2)42-33-14-11-10-12-15-33/h10-12,14-23,28,34H,5-9,13,24-27H2,1-4H3,(H,37,40). The summed E-state index contributed by atoms with van der Waals surface area (Å²) in [7, 11) is 0. The molecule has 0 radical (unpaired) electrons. The van der Waals surface area contributed by atoms with Crippen molar-refractivity contribution in [1.29, 1.82) is 0 Å². The summed E-state index contributed by atoms with van der Waals surface area (Å²) in [5.74, 6) is 0.272. The van der Waals surface area contributed by atoms with E-state index in [1.165, 1.54) is 30.4 Å². The van der Waals surface area contributed by atoms with Gasteiger partial charge in [-0.1, -0.05) is 101 Å². The van der Waals surface area contributed by atoms with Crippen LogP contribution in [0.15, 0.2) is 83.8 Å². The fraction of sp³-hybridized carbons (Fsp3) is 0.444. The van der Waals surface area contributed by atoms with Gasteiger partial charge in [0.2, 0.25) is 0 Å². The highest BCUT2D eigenvalue weighted by atomic mass is 32.2. The minimum atomic E-state index is -0.306. The minimum Gasteiger partial charge on any atom is -0.465 e. The Hall–Kier alpha value is -3.25. The minimum absolute atomic E-state index is 0.0466. The van der Waals surface area contributed by atoms with Gasteiger partial charge in [0.15, 0.2) is 0 Å². The molecule has 0 bridgehead atoms. The highest BCUT2D eigenvalue weighted by Crippen LogP contribution is 2.27. The zero-order chi connectivity index (χ0) is 30.2. The van der Waals surface area contributed by atoms with Gasteiger partial charge in [-0.2, -0.15) is 0 Å². The van der Waals surface area contributed by atoms with Crippen molar-refractivity contribution < 1.29 is 14.3 Å². The summed E-state index contributed by atoms with van der Waals surface area (Å²) >= 11 is 1.54. The first kappa shape index (κ1) is 33.3. The van der Waals surface area contributed by atoms with Crippen LogP contribution in [0.25, 0.3) is 0 Å². The van der Waals surface area contributed by atoms with Gasteiger partial charge in [-0.15, -0.1) is 11.8 Å². The molecule has 2 amide bonds. The van der Waals surface area contributed by atoms with Crippen LogP contribution in [0, 0.1) is 0 Å². The van der Waals surface area contributed by atoms with E-state index in [0.29, 0.717) is 25.5 Å². The smallest absolute Gasteiger partial charge is 0.321 e. The summed E-state index contributed by atoms with van der Waals surface area (Å²) in [5, 5.41) is 2.80. The lowest BCUT2D eigenvalue weighted by atomic mass is 10.0. The van der Waals surface area contributed by atoms with E-state index in [0.717, 1.165) is 42.0 Å². The van der Waals surface area contributed by atoms with Crippen LogP contribution >= 0.6 is 11.8 Å². The van der Waals surface area contributed by atoms with Gasteiger partial charge in [0.05, 0.1) is 6.61 Å². The Labute approximate surface area is 257 Å². The summed E-state index contributed by atoms with van der Waals surface area (Å²) < 4.78 is 5.37. The average Bonchev–Trinajstić information content (AvgIpc) is 2.99. The van der Waals surface area contributed by atoms with Crippen LogP contribution in [-0.2, 0) is 22.4 Å². The topological polar surface area (TPSA) is 58.6 Å². The fourth-order valence-electron chi connectivity index (χ4n) is 4.77. The molecule has 5 nitrogen and oxygen atoms in total. The Morgan fingerprint density at radius 1 is 0.810 bits per heavy atom. The van der Waals surface area contributed by atoms with Crippen molar-refractivity contribution in [2.75, 3.05) is 25.0 Å². The number of urea groups is 1. The number of thioether (sulfide) groups is 1. The average molecular weight is 589 g/mol. The van der Waals surface area contributed by atoms with Crippen molar-refractivity contribution in [1.82, 2.24) is 4.90 Å². The molecule has 0 saturated heterocycles. The van der Waals surface area contributed by atoms with E-state index in [2.05, 4.69) is 62.5 Å². The summed E-state index contributed by atoms with van der Waals surface area (Å²) in [6.45, 7) is 10.2. The maximum atomic E-state index is 13.3. The molecule has 0 heterocycles. The first-order valence-electron chi connectivity index (χ1n) is 15.5. The highest BCUT2D eigenvalue weighted by Gasteiger charge is 2.22. The van der Waals surface area contributed by atoms with Crippen molar-refractivity contribution in [2.45, 2.75) is 88.7 Å². The number of unbranched alkanes of at least 4 members (excludes halogenated alkanes) is 4. The zero-order valence-electron chi connectivity index (χ0n) is 25.8. The molecule has 42 heavy (non-hydrogen) atoms. The van der Waals surface area contributed by atoms with Crippen molar-refractivity contribution in [3.63, 3.8) is 0 Å². The quantitative estimate of drug-likeness (QED) is 0.0970. The van der Waals surface area contributed by atoms with Crippen molar-refractivity contribution in [2.24, 2.45) is 0 Å². The Morgan fingerprint density at radius 3 is 2.12 bits per heavy atom. The van der Waals surface area contributed by atoms with E-state index in [4.69, 9.17) is 4.74 Å². The predicted octanol–water partition coefficient (Wildman–Crippen LogP) is 9.12. The predicted molar refractivity (Wildman–Crippen MR) is 176 cm³/mol. The second-order valence-electron chi connectivity index (χ2n) is 11.1. The first-order valence-corrected chi connectivity index (χ1v) is 16.4. The number of anilines is 1. The van der Waals surface area contributed by atoms with Gasteiger partial charge in [-0.3, -0.25) is 4.79 Å². The Bertz CT molecular complexity index is 1200. The lowest BCUT2D eigenvalue weighted by molar-refractivity contribution is -0.142. The van der Waals surface area contributed by atoms with E-state index in [9.17, 15) is 9.59 Å². The normalized spacial score (nSPS) is 11.7. The third-order valence-corrected chi connectivity index (χ3v) is 8.52. The summed E-state index contributed by atoms with van der Waals surface area (Å²) in [4.78, 5) is 29.0. The number of ether oxygens (including phenoxy) is 1. The molecule has 3 rings (SSSR count). The largest absolute Gasteiger partial charge is 0.465 e. The van der Waals surface area contributed by atoms with E-state index >= 15 is 0 Å². The molecule has 0 fully saturated rings. The number of benzene rings is 3. The van der Waals surface area contributed by atoms with Crippen LogP contribution in [0.5, 0.6) is 0 Å². The van der Waals surface area contributed by atoms with Gasteiger partial charge in [0, 0.05) is 23.7 Å². The molecule has 226 valence electrons. The van der Waals surface area contributed by atoms with E-state index in [1.54, 1.807) is 11.8 Å². The summed E-state index contributed by atoms with van der Waals surface area (Å²) in [5.41, 5.74) is 4.36. The van der Waals surface area contributed by atoms with Crippen LogP contribution in [0.4, 0.5) is 10.5 Å².